The van der Waals surface area contributed by atoms with Gasteiger partial charge in [0.2, 0.25) is 5.88 Å². The maximum absolute atomic E-state index is 5.80. The van der Waals surface area contributed by atoms with Gasteiger partial charge in [-0.25, -0.2) is 4.98 Å². The number of aryl methyl sites for hydroxylation is 2. The molecule has 0 aliphatic rings. The van der Waals surface area contributed by atoms with Crippen LogP contribution in [0, 0.1) is 6.92 Å². The van der Waals surface area contributed by atoms with Crippen molar-refractivity contribution in [2.45, 2.75) is 20.3 Å². The molecule has 3 heteroatoms. The fourth-order valence-corrected chi connectivity index (χ4v) is 1.81. The average Bonchev–Trinajstić information content (AvgIpc) is 2.34. The molecule has 1 heterocycles. The third-order valence-corrected chi connectivity index (χ3v) is 3.40. The van der Waals surface area contributed by atoms with E-state index in [0.717, 1.165) is 22.3 Å². The number of ether oxygens (including phenoxy) is 1. The maximum Gasteiger partial charge on any atom is 0.219 e. The van der Waals surface area contributed by atoms with E-state index in [4.69, 9.17) is 4.74 Å². The smallest absolute Gasteiger partial charge is 0.219 e. The second-order valence-electron chi connectivity index (χ2n) is 3.78. The van der Waals surface area contributed by atoms with E-state index in [2.05, 4.69) is 33.9 Å². The van der Waals surface area contributed by atoms with E-state index in [0.29, 0.717) is 5.88 Å². The Labute approximate surface area is 110 Å². The van der Waals surface area contributed by atoms with Gasteiger partial charge in [0.25, 0.3) is 0 Å². The topological polar surface area (TPSA) is 22.1 Å². The highest BCUT2D eigenvalue weighted by molar-refractivity contribution is 9.10. The van der Waals surface area contributed by atoms with Crippen LogP contribution < -0.4 is 4.74 Å². The average molecular weight is 292 g/mol. The number of nitrogens with zero attached hydrogens (tertiary/aromatic N) is 1. The van der Waals surface area contributed by atoms with Crippen LogP contribution in [0.5, 0.6) is 11.6 Å². The monoisotopic (exact) mass is 291 g/mol. The Morgan fingerprint density at radius 1 is 1.18 bits per heavy atom. The highest BCUT2D eigenvalue weighted by Gasteiger charge is 2.04. The molecular formula is C14H14BrNO. The number of aromatic nitrogens is 1. The lowest BCUT2D eigenvalue weighted by Gasteiger charge is -2.09. The lowest BCUT2D eigenvalue weighted by Crippen LogP contribution is -1.93. The largest absolute Gasteiger partial charge is 0.439 e. The first kappa shape index (κ1) is 12.1. The molecule has 0 radical (unpaired) electrons. The summed E-state index contributed by atoms with van der Waals surface area (Å²) < 4.78 is 6.80. The van der Waals surface area contributed by atoms with Gasteiger partial charge in [-0.3, -0.25) is 0 Å². The molecule has 2 rings (SSSR count). The van der Waals surface area contributed by atoms with Crippen molar-refractivity contribution in [3.63, 3.8) is 0 Å². The van der Waals surface area contributed by atoms with E-state index in [-0.39, 0.29) is 0 Å². The van der Waals surface area contributed by atoms with Gasteiger partial charge >= 0.3 is 0 Å². The first-order valence-corrected chi connectivity index (χ1v) is 6.39. The molecule has 0 saturated heterocycles. The molecule has 2 aromatic rings. The van der Waals surface area contributed by atoms with Crippen molar-refractivity contribution in [1.29, 1.82) is 0 Å². The number of hydrogen-bond donors (Lipinski definition) is 0. The fourth-order valence-electron chi connectivity index (χ4n) is 1.59. The molecule has 1 aromatic heterocycles. The van der Waals surface area contributed by atoms with Crippen LogP contribution in [0.25, 0.3) is 0 Å². The van der Waals surface area contributed by atoms with E-state index in [1.54, 1.807) is 0 Å². The van der Waals surface area contributed by atoms with Crippen molar-refractivity contribution in [1.82, 2.24) is 4.98 Å². The predicted octanol–water partition coefficient (Wildman–Crippen LogP) is 4.51. The maximum atomic E-state index is 5.80. The fraction of sp³-hybridized carbons (Fsp3) is 0.214. The first-order valence-electron chi connectivity index (χ1n) is 5.59. The van der Waals surface area contributed by atoms with Crippen LogP contribution in [0.2, 0.25) is 0 Å². The summed E-state index contributed by atoms with van der Waals surface area (Å²) in [7, 11) is 0. The Balaban J connectivity index is 2.28. The van der Waals surface area contributed by atoms with Crippen molar-refractivity contribution in [3.8, 4) is 11.6 Å². The highest BCUT2D eigenvalue weighted by atomic mass is 79.9. The SMILES string of the molecule is CCc1ccccc1Oc1ccc(Br)c(C)n1. The second kappa shape index (κ2) is 5.32. The Morgan fingerprint density at radius 3 is 2.65 bits per heavy atom. The lowest BCUT2D eigenvalue weighted by atomic mass is 10.1. The third-order valence-electron chi connectivity index (χ3n) is 2.56. The zero-order valence-electron chi connectivity index (χ0n) is 9.90. The lowest BCUT2D eigenvalue weighted by molar-refractivity contribution is 0.456. The summed E-state index contributed by atoms with van der Waals surface area (Å²) in [5.74, 6) is 1.51. The van der Waals surface area contributed by atoms with E-state index in [1.165, 1.54) is 5.56 Å². The van der Waals surface area contributed by atoms with Crippen LogP contribution in [-0.4, -0.2) is 4.98 Å². The quantitative estimate of drug-likeness (QED) is 0.830. The minimum absolute atomic E-state index is 0.631. The molecule has 0 spiro atoms. The standard InChI is InChI=1S/C14H14BrNO/c1-3-11-6-4-5-7-13(11)17-14-9-8-12(15)10(2)16-14/h4-9H,3H2,1-2H3. The molecule has 88 valence electrons. The molecular weight excluding hydrogens is 278 g/mol. The van der Waals surface area contributed by atoms with Gasteiger partial charge in [0.1, 0.15) is 5.75 Å². The summed E-state index contributed by atoms with van der Waals surface area (Å²) in [6, 6.07) is 11.8. The molecule has 0 amide bonds. The number of benzene rings is 1. The number of para-hydroxylation sites is 1. The predicted molar refractivity (Wildman–Crippen MR) is 72.6 cm³/mol. The Kier molecular flexibility index (Phi) is 3.79. The number of hydrogen-bond acceptors (Lipinski definition) is 2. The van der Waals surface area contributed by atoms with Crippen LogP contribution in [0.3, 0.4) is 0 Å². The molecule has 17 heavy (non-hydrogen) atoms. The van der Waals surface area contributed by atoms with Gasteiger partial charge in [-0.05, 0) is 47.0 Å². The summed E-state index contributed by atoms with van der Waals surface area (Å²) in [5, 5.41) is 0. The molecule has 0 atom stereocenters. The summed E-state index contributed by atoms with van der Waals surface area (Å²) in [6.07, 6.45) is 0.950. The van der Waals surface area contributed by atoms with Gasteiger partial charge in [0.05, 0.1) is 5.69 Å². The van der Waals surface area contributed by atoms with Crippen LogP contribution in [0.4, 0.5) is 0 Å². The van der Waals surface area contributed by atoms with Crippen LogP contribution in [-0.2, 0) is 6.42 Å². The normalized spacial score (nSPS) is 10.3. The molecule has 0 saturated carbocycles. The second-order valence-corrected chi connectivity index (χ2v) is 4.63. The summed E-state index contributed by atoms with van der Waals surface area (Å²) in [4.78, 5) is 4.37. The Hall–Kier alpha value is -1.35. The Morgan fingerprint density at radius 2 is 1.94 bits per heavy atom. The third kappa shape index (κ3) is 2.86. The van der Waals surface area contributed by atoms with Gasteiger partial charge in [0.15, 0.2) is 0 Å². The van der Waals surface area contributed by atoms with Crippen molar-refractivity contribution < 1.29 is 4.74 Å². The van der Waals surface area contributed by atoms with Gasteiger partial charge in [-0.2, -0.15) is 0 Å². The van der Waals surface area contributed by atoms with E-state index >= 15 is 0 Å². The van der Waals surface area contributed by atoms with Gasteiger partial charge in [-0.1, -0.05) is 25.1 Å². The van der Waals surface area contributed by atoms with Gasteiger partial charge < -0.3 is 4.74 Å². The van der Waals surface area contributed by atoms with Crippen LogP contribution >= 0.6 is 15.9 Å². The number of pyridine rings is 1. The minimum atomic E-state index is 0.631. The van der Waals surface area contributed by atoms with Crippen molar-refractivity contribution >= 4 is 15.9 Å². The zero-order valence-corrected chi connectivity index (χ0v) is 11.5. The Bertz CT molecular complexity index is 525. The van der Waals surface area contributed by atoms with Crippen molar-refractivity contribution in [2.24, 2.45) is 0 Å². The summed E-state index contributed by atoms with van der Waals surface area (Å²) in [6.45, 7) is 4.06. The zero-order chi connectivity index (χ0) is 12.3. The molecule has 0 unspecified atom stereocenters. The van der Waals surface area contributed by atoms with Crippen molar-refractivity contribution in [3.05, 3.63) is 52.1 Å². The molecule has 0 bridgehead atoms. The van der Waals surface area contributed by atoms with Gasteiger partial charge in [0, 0.05) is 10.5 Å². The number of rotatable bonds is 3. The minimum Gasteiger partial charge on any atom is -0.439 e. The highest BCUT2D eigenvalue weighted by Crippen LogP contribution is 2.26. The van der Waals surface area contributed by atoms with Crippen LogP contribution in [0.1, 0.15) is 18.2 Å². The van der Waals surface area contributed by atoms with Crippen LogP contribution in [0.15, 0.2) is 40.9 Å². The molecule has 0 N–H and O–H groups in total. The van der Waals surface area contributed by atoms with Gasteiger partial charge in [-0.15, -0.1) is 0 Å². The molecule has 2 nitrogen and oxygen atoms in total. The van der Waals surface area contributed by atoms with E-state index in [9.17, 15) is 0 Å². The number of halogens is 1. The van der Waals surface area contributed by atoms with Crippen molar-refractivity contribution in [2.75, 3.05) is 0 Å². The van der Waals surface area contributed by atoms with E-state index in [1.807, 2.05) is 37.3 Å². The first-order chi connectivity index (χ1) is 8.20. The summed E-state index contributed by atoms with van der Waals surface area (Å²) in [5.41, 5.74) is 2.12. The van der Waals surface area contributed by atoms with E-state index < -0.39 is 0 Å². The molecule has 0 aliphatic carbocycles. The molecule has 0 aliphatic heterocycles. The summed E-state index contributed by atoms with van der Waals surface area (Å²) >= 11 is 3.42. The molecule has 1 aromatic carbocycles. The molecule has 0 fully saturated rings.